The topological polar surface area (TPSA) is 36.7 Å². The van der Waals surface area contributed by atoms with Crippen molar-refractivity contribution in [2.75, 3.05) is 6.26 Å². The summed E-state index contributed by atoms with van der Waals surface area (Å²) in [5.74, 6) is 0.343. The summed E-state index contributed by atoms with van der Waals surface area (Å²) in [6, 6.07) is 3.16. The van der Waals surface area contributed by atoms with Crippen molar-refractivity contribution in [3.05, 3.63) is 22.9 Å². The standard InChI is InChI=1S/C12H14F2N2S/c1-7(2)4-8-5-9(11(13)14)10(6-15)12(16-8)17-3/h5,7,11H,4H2,1-3H3. The monoisotopic (exact) mass is 256 g/mol. The number of nitrogens with zero attached hydrogens (tertiary/aromatic N) is 2. The lowest BCUT2D eigenvalue weighted by atomic mass is 10.0. The van der Waals surface area contributed by atoms with Crippen LogP contribution in [0.3, 0.4) is 0 Å². The Kier molecular flexibility index (Phi) is 4.88. The van der Waals surface area contributed by atoms with Gasteiger partial charge < -0.3 is 0 Å². The van der Waals surface area contributed by atoms with Crippen LogP contribution in [-0.4, -0.2) is 11.2 Å². The highest BCUT2D eigenvalue weighted by Gasteiger charge is 2.19. The van der Waals surface area contributed by atoms with Gasteiger partial charge in [0, 0.05) is 11.3 Å². The highest BCUT2D eigenvalue weighted by molar-refractivity contribution is 7.98. The third-order valence-electron chi connectivity index (χ3n) is 2.23. The Morgan fingerprint density at radius 1 is 1.47 bits per heavy atom. The zero-order valence-electron chi connectivity index (χ0n) is 10.00. The number of hydrogen-bond acceptors (Lipinski definition) is 3. The lowest BCUT2D eigenvalue weighted by Crippen LogP contribution is -2.03. The van der Waals surface area contributed by atoms with Gasteiger partial charge in [0.25, 0.3) is 6.43 Å². The van der Waals surface area contributed by atoms with Crippen molar-refractivity contribution in [3.63, 3.8) is 0 Å². The SMILES string of the molecule is CSc1nc(CC(C)C)cc(C(F)F)c1C#N. The Hall–Kier alpha value is -1.15. The quantitative estimate of drug-likeness (QED) is 0.768. The molecule has 0 spiro atoms. The molecule has 1 heterocycles. The number of pyridine rings is 1. The van der Waals surface area contributed by atoms with Crippen LogP contribution in [-0.2, 0) is 6.42 Å². The predicted molar refractivity (Wildman–Crippen MR) is 64.2 cm³/mol. The van der Waals surface area contributed by atoms with E-state index in [4.69, 9.17) is 5.26 Å². The number of alkyl halides is 2. The number of thioether (sulfide) groups is 1. The van der Waals surface area contributed by atoms with Crippen molar-refractivity contribution < 1.29 is 8.78 Å². The fourth-order valence-electron chi connectivity index (χ4n) is 1.55. The molecule has 0 unspecified atom stereocenters. The Labute approximate surface area is 104 Å². The summed E-state index contributed by atoms with van der Waals surface area (Å²) in [7, 11) is 0. The van der Waals surface area contributed by atoms with Crippen LogP contribution >= 0.6 is 11.8 Å². The van der Waals surface area contributed by atoms with Gasteiger partial charge in [0.2, 0.25) is 0 Å². The summed E-state index contributed by atoms with van der Waals surface area (Å²) in [6.45, 7) is 4.00. The van der Waals surface area contributed by atoms with E-state index in [0.29, 0.717) is 23.1 Å². The summed E-state index contributed by atoms with van der Waals surface area (Å²) in [5, 5.41) is 9.31. The molecule has 92 valence electrons. The lowest BCUT2D eigenvalue weighted by molar-refractivity contribution is 0.150. The zero-order chi connectivity index (χ0) is 13.0. The van der Waals surface area contributed by atoms with Crippen molar-refractivity contribution in [2.45, 2.75) is 31.7 Å². The van der Waals surface area contributed by atoms with Crippen LogP contribution in [0.5, 0.6) is 0 Å². The Morgan fingerprint density at radius 3 is 2.53 bits per heavy atom. The van der Waals surface area contributed by atoms with E-state index in [-0.39, 0.29) is 11.1 Å². The van der Waals surface area contributed by atoms with Crippen LogP contribution in [0.15, 0.2) is 11.1 Å². The molecule has 0 saturated carbocycles. The van der Waals surface area contributed by atoms with Gasteiger partial charge in [-0.25, -0.2) is 13.8 Å². The molecule has 0 bridgehead atoms. The predicted octanol–water partition coefficient (Wildman–Crippen LogP) is 3.81. The normalized spacial score (nSPS) is 10.9. The van der Waals surface area contributed by atoms with E-state index < -0.39 is 6.43 Å². The van der Waals surface area contributed by atoms with Gasteiger partial charge in [0.1, 0.15) is 11.1 Å². The number of hydrogen-bond donors (Lipinski definition) is 0. The maximum atomic E-state index is 12.9. The van der Waals surface area contributed by atoms with Crippen molar-refractivity contribution in [2.24, 2.45) is 5.92 Å². The molecule has 0 saturated heterocycles. The molecule has 0 N–H and O–H groups in total. The number of aromatic nitrogens is 1. The van der Waals surface area contributed by atoms with Crippen molar-refractivity contribution in [1.82, 2.24) is 4.98 Å². The minimum Gasteiger partial charge on any atom is -0.245 e. The molecule has 1 rings (SSSR count). The van der Waals surface area contributed by atoms with Crippen molar-refractivity contribution in [1.29, 1.82) is 5.26 Å². The first-order chi connectivity index (χ1) is 7.99. The van der Waals surface area contributed by atoms with Gasteiger partial charge in [-0.15, -0.1) is 11.8 Å². The fraction of sp³-hybridized carbons (Fsp3) is 0.500. The molecule has 1 aromatic rings. The summed E-state index contributed by atoms with van der Waals surface area (Å²) in [5.41, 5.74) is 0.418. The van der Waals surface area contributed by atoms with Crippen LogP contribution in [0.1, 0.15) is 37.1 Å². The van der Waals surface area contributed by atoms with Crippen LogP contribution in [0.2, 0.25) is 0 Å². The third kappa shape index (κ3) is 3.40. The zero-order valence-corrected chi connectivity index (χ0v) is 10.8. The van der Waals surface area contributed by atoms with Crippen LogP contribution < -0.4 is 0 Å². The van der Waals surface area contributed by atoms with Gasteiger partial charge in [-0.3, -0.25) is 0 Å². The second kappa shape index (κ2) is 5.97. The Morgan fingerprint density at radius 2 is 2.12 bits per heavy atom. The molecule has 0 aliphatic carbocycles. The molecular formula is C12H14F2N2S. The highest BCUT2D eigenvalue weighted by atomic mass is 32.2. The molecule has 5 heteroatoms. The van der Waals surface area contributed by atoms with E-state index >= 15 is 0 Å². The Balaban J connectivity index is 3.31. The van der Waals surface area contributed by atoms with Gasteiger partial charge in [0.15, 0.2) is 0 Å². The summed E-state index contributed by atoms with van der Waals surface area (Å²) in [6.07, 6.45) is -0.263. The molecule has 0 aliphatic heterocycles. The molecule has 0 amide bonds. The second-order valence-corrected chi connectivity index (χ2v) is 4.89. The molecule has 2 nitrogen and oxygen atoms in total. The summed E-state index contributed by atoms with van der Waals surface area (Å²) in [4.78, 5) is 4.25. The molecular weight excluding hydrogens is 242 g/mol. The molecule has 17 heavy (non-hydrogen) atoms. The van der Waals surface area contributed by atoms with Crippen molar-refractivity contribution in [3.8, 4) is 6.07 Å². The van der Waals surface area contributed by atoms with Gasteiger partial charge in [-0.2, -0.15) is 5.26 Å². The van der Waals surface area contributed by atoms with Crippen LogP contribution in [0.4, 0.5) is 8.78 Å². The molecule has 0 aromatic carbocycles. The average Bonchev–Trinajstić information content (AvgIpc) is 2.26. The van der Waals surface area contributed by atoms with E-state index in [1.165, 1.54) is 17.8 Å². The largest absolute Gasteiger partial charge is 0.265 e. The first kappa shape index (κ1) is 13.9. The molecule has 1 aromatic heterocycles. The van der Waals surface area contributed by atoms with E-state index in [1.807, 2.05) is 19.9 Å². The van der Waals surface area contributed by atoms with E-state index in [2.05, 4.69) is 4.98 Å². The highest BCUT2D eigenvalue weighted by Crippen LogP contribution is 2.29. The van der Waals surface area contributed by atoms with E-state index in [9.17, 15) is 8.78 Å². The van der Waals surface area contributed by atoms with Crippen LogP contribution in [0, 0.1) is 17.2 Å². The minimum atomic E-state index is -2.63. The first-order valence-corrected chi connectivity index (χ1v) is 6.48. The molecule has 0 fully saturated rings. The minimum absolute atomic E-state index is 0.00000567. The fourth-order valence-corrected chi connectivity index (χ4v) is 2.12. The molecule has 0 radical (unpaired) electrons. The first-order valence-electron chi connectivity index (χ1n) is 5.25. The average molecular weight is 256 g/mol. The van der Waals surface area contributed by atoms with Gasteiger partial charge >= 0.3 is 0 Å². The summed E-state index contributed by atoms with van der Waals surface area (Å²) >= 11 is 1.23. The number of rotatable bonds is 4. The van der Waals surface area contributed by atoms with Gasteiger partial charge in [0.05, 0.1) is 5.56 Å². The van der Waals surface area contributed by atoms with E-state index in [1.54, 1.807) is 6.26 Å². The number of halogens is 2. The maximum absolute atomic E-state index is 12.9. The maximum Gasteiger partial charge on any atom is 0.265 e. The lowest BCUT2D eigenvalue weighted by Gasteiger charge is -2.11. The van der Waals surface area contributed by atoms with Crippen molar-refractivity contribution >= 4 is 11.8 Å². The summed E-state index contributed by atoms with van der Waals surface area (Å²) < 4.78 is 25.7. The molecule has 0 aliphatic rings. The van der Waals surface area contributed by atoms with Gasteiger partial charge in [-0.1, -0.05) is 13.8 Å². The second-order valence-electron chi connectivity index (χ2n) is 4.10. The smallest absolute Gasteiger partial charge is 0.245 e. The van der Waals surface area contributed by atoms with Gasteiger partial charge in [-0.05, 0) is 24.7 Å². The molecule has 0 atom stereocenters. The van der Waals surface area contributed by atoms with E-state index in [0.717, 1.165) is 0 Å². The van der Waals surface area contributed by atoms with Crippen LogP contribution in [0.25, 0.3) is 0 Å². The number of nitriles is 1. The third-order valence-corrected chi connectivity index (χ3v) is 2.91. The Bertz CT molecular complexity index is 439.